The number of hydrogen-bond acceptors (Lipinski definition) is 3. The molecule has 0 aliphatic carbocycles. The fourth-order valence-electron chi connectivity index (χ4n) is 0.383. The lowest BCUT2D eigenvalue weighted by molar-refractivity contribution is 0.125. The number of thiol groups is 1. The van der Waals surface area contributed by atoms with Crippen LogP contribution in [0.25, 0.3) is 0 Å². The highest BCUT2D eigenvalue weighted by Gasteiger charge is 2.03. The van der Waals surface area contributed by atoms with Crippen LogP contribution in [0.5, 0.6) is 0 Å². The van der Waals surface area contributed by atoms with E-state index in [0.717, 1.165) is 0 Å². The molecular weight excluding hydrogens is 154 g/mol. The highest BCUT2D eigenvalue weighted by molar-refractivity contribution is 7.80. The summed E-state index contributed by atoms with van der Waals surface area (Å²) in [4.78, 5) is 0. The lowest BCUT2D eigenvalue weighted by atomic mass is 9.75. The lowest BCUT2D eigenvalue weighted by Crippen LogP contribution is -2.20. The number of ether oxygens (including phenoxy) is 1. The van der Waals surface area contributed by atoms with Gasteiger partial charge in [0.05, 0.1) is 18.5 Å². The molecular formula is C4H11BO2PS. The molecule has 53 valence electrons. The third-order valence-corrected chi connectivity index (χ3v) is 1.45. The molecule has 0 saturated carbocycles. The smallest absolute Gasteiger partial charge is 0.149 e. The molecule has 0 aromatic carbocycles. The second kappa shape index (κ2) is 6.88. The Morgan fingerprint density at radius 1 is 1.78 bits per heavy atom. The minimum atomic E-state index is 0.0714. The second-order valence-electron chi connectivity index (χ2n) is 1.51. The minimum absolute atomic E-state index is 0.0714. The van der Waals surface area contributed by atoms with Crippen molar-refractivity contribution in [3.8, 4) is 0 Å². The zero-order valence-electron chi connectivity index (χ0n) is 5.41. The highest BCUT2D eigenvalue weighted by Crippen LogP contribution is 1.97. The van der Waals surface area contributed by atoms with Gasteiger partial charge >= 0.3 is 0 Å². The minimum Gasteiger partial charge on any atom is -0.369 e. The van der Waals surface area contributed by atoms with E-state index in [1.165, 1.54) is 0 Å². The van der Waals surface area contributed by atoms with Gasteiger partial charge in [0, 0.05) is 0 Å². The first-order chi connectivity index (χ1) is 4.35. The standard InChI is InChI=1S/C4H11BO2PS/c1-5-4(7-8)2-6-3-9/h4,9H,2-3,8H2,1H3. The summed E-state index contributed by atoms with van der Waals surface area (Å²) in [5.41, 5.74) is 0. The van der Waals surface area contributed by atoms with E-state index in [-0.39, 0.29) is 6.00 Å². The summed E-state index contributed by atoms with van der Waals surface area (Å²) in [7, 11) is 4.12. The highest BCUT2D eigenvalue weighted by atomic mass is 32.1. The van der Waals surface area contributed by atoms with Crippen LogP contribution in [0.15, 0.2) is 0 Å². The summed E-state index contributed by atoms with van der Waals surface area (Å²) >= 11 is 3.87. The Morgan fingerprint density at radius 3 is 2.78 bits per heavy atom. The summed E-state index contributed by atoms with van der Waals surface area (Å²) in [6.07, 6.45) is 0. The van der Waals surface area contributed by atoms with Crippen molar-refractivity contribution in [2.24, 2.45) is 0 Å². The van der Waals surface area contributed by atoms with Gasteiger partial charge in [-0.2, -0.15) is 12.6 Å². The van der Waals surface area contributed by atoms with Crippen LogP contribution >= 0.6 is 22.1 Å². The zero-order valence-corrected chi connectivity index (χ0v) is 7.46. The molecule has 0 aliphatic rings. The average molecular weight is 165 g/mol. The summed E-state index contributed by atoms with van der Waals surface area (Å²) < 4.78 is 9.88. The van der Waals surface area contributed by atoms with Gasteiger partial charge in [-0.05, 0) is 9.47 Å². The van der Waals surface area contributed by atoms with E-state index in [2.05, 4.69) is 22.1 Å². The molecule has 0 N–H and O–H groups in total. The SMILES string of the molecule is C[B]C(COCS)OP. The molecule has 0 amide bonds. The van der Waals surface area contributed by atoms with Crippen molar-refractivity contribution < 1.29 is 9.26 Å². The predicted molar refractivity (Wildman–Crippen MR) is 46.0 cm³/mol. The molecule has 0 aromatic heterocycles. The second-order valence-corrected chi connectivity index (χ2v) is 2.04. The first kappa shape index (κ1) is 9.76. The maximum absolute atomic E-state index is 4.97. The van der Waals surface area contributed by atoms with Gasteiger partial charge in [-0.25, -0.2) is 0 Å². The first-order valence-corrected chi connectivity index (χ1v) is 3.79. The predicted octanol–water partition coefficient (Wildman–Crippen LogP) is 0.775. The van der Waals surface area contributed by atoms with Crippen LogP contribution in [0.3, 0.4) is 0 Å². The van der Waals surface area contributed by atoms with Crippen LogP contribution in [-0.4, -0.2) is 25.8 Å². The molecule has 0 saturated heterocycles. The van der Waals surface area contributed by atoms with Crippen LogP contribution in [-0.2, 0) is 9.26 Å². The van der Waals surface area contributed by atoms with E-state index in [4.69, 9.17) is 9.26 Å². The van der Waals surface area contributed by atoms with Crippen molar-refractivity contribution in [3.05, 3.63) is 0 Å². The Morgan fingerprint density at radius 2 is 2.44 bits per heavy atom. The summed E-state index contributed by atoms with van der Waals surface area (Å²) in [5.74, 6) is 0.443. The first-order valence-electron chi connectivity index (χ1n) is 2.68. The van der Waals surface area contributed by atoms with E-state index >= 15 is 0 Å². The van der Waals surface area contributed by atoms with E-state index < -0.39 is 0 Å². The molecule has 2 atom stereocenters. The lowest BCUT2D eigenvalue weighted by Gasteiger charge is -2.10. The van der Waals surface area contributed by atoms with E-state index in [0.29, 0.717) is 12.5 Å². The van der Waals surface area contributed by atoms with Crippen molar-refractivity contribution in [2.75, 3.05) is 12.5 Å². The quantitative estimate of drug-likeness (QED) is 0.281. The van der Waals surface area contributed by atoms with Gasteiger partial charge in [0.25, 0.3) is 0 Å². The molecule has 2 nitrogen and oxygen atoms in total. The van der Waals surface area contributed by atoms with Gasteiger partial charge in [-0.3, -0.25) is 0 Å². The van der Waals surface area contributed by atoms with Crippen molar-refractivity contribution in [1.29, 1.82) is 0 Å². The number of hydrogen-bond donors (Lipinski definition) is 1. The molecule has 2 unspecified atom stereocenters. The molecule has 0 aromatic rings. The van der Waals surface area contributed by atoms with Crippen LogP contribution in [0.1, 0.15) is 0 Å². The van der Waals surface area contributed by atoms with Crippen molar-refractivity contribution in [1.82, 2.24) is 0 Å². The molecule has 0 bridgehead atoms. The Hall–Kier alpha value is 0.765. The summed E-state index contributed by atoms with van der Waals surface area (Å²) in [5, 5.41) is 0. The van der Waals surface area contributed by atoms with E-state index in [9.17, 15) is 0 Å². The van der Waals surface area contributed by atoms with Crippen molar-refractivity contribution >= 4 is 29.4 Å². The zero-order chi connectivity index (χ0) is 7.11. The largest absolute Gasteiger partial charge is 0.369 e. The van der Waals surface area contributed by atoms with E-state index in [1.807, 2.05) is 14.1 Å². The average Bonchev–Trinajstić information content (AvgIpc) is 1.91. The Bertz CT molecular complexity index is 62.5. The van der Waals surface area contributed by atoms with E-state index in [1.54, 1.807) is 0 Å². The van der Waals surface area contributed by atoms with Gasteiger partial charge < -0.3 is 9.26 Å². The Kier molecular flexibility index (Phi) is 7.46. The third-order valence-electron chi connectivity index (χ3n) is 0.920. The molecule has 9 heavy (non-hydrogen) atoms. The van der Waals surface area contributed by atoms with Gasteiger partial charge in [0.1, 0.15) is 7.28 Å². The normalized spacial score (nSPS) is 13.2. The van der Waals surface area contributed by atoms with Crippen molar-refractivity contribution in [2.45, 2.75) is 12.8 Å². The fourth-order valence-corrected chi connectivity index (χ4v) is 0.724. The van der Waals surface area contributed by atoms with Crippen LogP contribution < -0.4 is 0 Å². The van der Waals surface area contributed by atoms with Gasteiger partial charge in [-0.15, -0.1) is 0 Å². The molecule has 0 spiro atoms. The van der Waals surface area contributed by atoms with Crippen molar-refractivity contribution in [3.63, 3.8) is 0 Å². The topological polar surface area (TPSA) is 18.5 Å². The Balaban J connectivity index is 3.09. The van der Waals surface area contributed by atoms with Crippen LogP contribution in [0.2, 0.25) is 6.82 Å². The molecule has 0 rings (SSSR count). The van der Waals surface area contributed by atoms with Gasteiger partial charge in [-0.1, -0.05) is 6.82 Å². The third kappa shape index (κ3) is 5.22. The van der Waals surface area contributed by atoms with Crippen LogP contribution in [0.4, 0.5) is 0 Å². The fraction of sp³-hybridized carbons (Fsp3) is 1.00. The molecule has 0 aliphatic heterocycles. The maximum atomic E-state index is 4.97. The maximum Gasteiger partial charge on any atom is 0.149 e. The van der Waals surface area contributed by atoms with Crippen LogP contribution in [0, 0.1) is 0 Å². The molecule has 0 fully saturated rings. The molecule has 5 heteroatoms. The monoisotopic (exact) mass is 165 g/mol. The van der Waals surface area contributed by atoms with Gasteiger partial charge in [0.15, 0.2) is 0 Å². The Labute approximate surface area is 64.6 Å². The summed E-state index contributed by atoms with van der Waals surface area (Å²) in [6, 6.07) is 0.0714. The molecule has 1 radical (unpaired) electrons. The summed E-state index contributed by atoms with van der Waals surface area (Å²) in [6.45, 7) is 2.50. The number of rotatable bonds is 5. The van der Waals surface area contributed by atoms with Gasteiger partial charge in [0.2, 0.25) is 0 Å². The molecule has 0 heterocycles.